The molecule has 0 saturated heterocycles. The van der Waals surface area contributed by atoms with E-state index in [9.17, 15) is 0 Å². The van der Waals surface area contributed by atoms with Crippen molar-refractivity contribution in [1.82, 2.24) is 15.0 Å². The summed E-state index contributed by atoms with van der Waals surface area (Å²) >= 11 is 0. The summed E-state index contributed by atoms with van der Waals surface area (Å²) in [6.45, 7) is 0. The predicted octanol–water partition coefficient (Wildman–Crippen LogP) is 11.2. The fourth-order valence-electron chi connectivity index (χ4n) is 6.59. The van der Waals surface area contributed by atoms with Crippen molar-refractivity contribution in [3.63, 3.8) is 0 Å². The SMILES string of the molecule is c1ccc(-c2nc(-c3ccccc3)nc(-c3ccc4cccc(-c5ccc6ccc7c8ccccc8ccc7c6c5)c4c3)n2)cc1. The molecule has 0 aliphatic carbocycles. The average Bonchev–Trinajstić information content (AvgIpc) is 3.14. The number of fused-ring (bicyclic) bond motifs is 6. The summed E-state index contributed by atoms with van der Waals surface area (Å²) in [7, 11) is 0. The van der Waals surface area contributed by atoms with E-state index in [4.69, 9.17) is 15.0 Å². The first-order valence-corrected chi connectivity index (χ1v) is 15.5. The Bertz CT molecular complexity index is 2520. The van der Waals surface area contributed by atoms with Crippen LogP contribution in [-0.2, 0) is 0 Å². The quantitative estimate of drug-likeness (QED) is 0.193. The highest BCUT2D eigenvalue weighted by molar-refractivity contribution is 6.18. The molecule has 0 aliphatic rings. The van der Waals surface area contributed by atoms with Crippen LogP contribution in [0, 0.1) is 0 Å². The molecule has 9 rings (SSSR count). The summed E-state index contributed by atoms with van der Waals surface area (Å²) < 4.78 is 0. The minimum atomic E-state index is 0.654. The lowest BCUT2D eigenvalue weighted by molar-refractivity contribution is 1.07. The molecule has 0 spiro atoms. The van der Waals surface area contributed by atoms with Crippen molar-refractivity contribution < 1.29 is 0 Å². The Labute approximate surface area is 266 Å². The molecule has 8 aromatic carbocycles. The van der Waals surface area contributed by atoms with Crippen molar-refractivity contribution in [2.75, 3.05) is 0 Å². The van der Waals surface area contributed by atoms with Crippen LogP contribution >= 0.6 is 0 Å². The highest BCUT2D eigenvalue weighted by atomic mass is 15.0. The first-order chi connectivity index (χ1) is 22.8. The molecular formula is C43H27N3. The van der Waals surface area contributed by atoms with E-state index < -0.39 is 0 Å². The van der Waals surface area contributed by atoms with Gasteiger partial charge in [-0.1, -0.05) is 152 Å². The number of aromatic nitrogens is 3. The zero-order chi connectivity index (χ0) is 30.5. The van der Waals surface area contributed by atoms with Gasteiger partial charge in [0.05, 0.1) is 0 Å². The van der Waals surface area contributed by atoms with Crippen LogP contribution in [0.3, 0.4) is 0 Å². The van der Waals surface area contributed by atoms with E-state index in [0.717, 1.165) is 22.1 Å². The van der Waals surface area contributed by atoms with Crippen molar-refractivity contribution in [2.24, 2.45) is 0 Å². The van der Waals surface area contributed by atoms with Crippen molar-refractivity contribution >= 4 is 43.1 Å². The summed E-state index contributed by atoms with van der Waals surface area (Å²) in [6.07, 6.45) is 0. The smallest absolute Gasteiger partial charge is 0.164 e. The van der Waals surface area contributed by atoms with Gasteiger partial charge in [-0.25, -0.2) is 15.0 Å². The van der Waals surface area contributed by atoms with Gasteiger partial charge < -0.3 is 0 Å². The highest BCUT2D eigenvalue weighted by Gasteiger charge is 2.14. The van der Waals surface area contributed by atoms with Crippen molar-refractivity contribution in [3.05, 3.63) is 164 Å². The van der Waals surface area contributed by atoms with Crippen LogP contribution in [0.1, 0.15) is 0 Å². The van der Waals surface area contributed by atoms with Crippen LogP contribution < -0.4 is 0 Å². The van der Waals surface area contributed by atoms with Gasteiger partial charge in [0, 0.05) is 16.7 Å². The number of hydrogen-bond acceptors (Lipinski definition) is 3. The Kier molecular flexibility index (Phi) is 6.14. The summed E-state index contributed by atoms with van der Waals surface area (Å²) in [6, 6.07) is 57.7. The van der Waals surface area contributed by atoms with Crippen molar-refractivity contribution in [2.45, 2.75) is 0 Å². The molecular weight excluding hydrogens is 558 g/mol. The maximum absolute atomic E-state index is 4.99. The van der Waals surface area contributed by atoms with Gasteiger partial charge in [0.1, 0.15) is 0 Å². The zero-order valence-electron chi connectivity index (χ0n) is 24.9. The van der Waals surface area contributed by atoms with Crippen LogP contribution in [0.2, 0.25) is 0 Å². The Hall–Kier alpha value is -6.19. The lowest BCUT2D eigenvalue weighted by atomic mass is 9.92. The molecule has 0 unspecified atom stereocenters. The Balaban J connectivity index is 1.23. The fourth-order valence-corrected chi connectivity index (χ4v) is 6.59. The third-order valence-corrected chi connectivity index (χ3v) is 8.89. The standard InChI is InChI=1S/C43H27N3/c1-3-11-31(12-4-1)41-44-42(32-13-5-2-6-14-32)46-43(45-41)34-21-19-29-15-9-17-36(39(29)27-34)33-20-18-30-23-24-37-35-16-8-7-10-28(35)22-25-38(37)40(30)26-33/h1-27H. The normalized spacial score (nSPS) is 11.5. The van der Waals surface area contributed by atoms with Crippen molar-refractivity contribution in [1.29, 1.82) is 0 Å². The molecule has 0 radical (unpaired) electrons. The maximum Gasteiger partial charge on any atom is 0.164 e. The molecule has 3 heteroatoms. The second kappa shape index (κ2) is 10.8. The molecule has 46 heavy (non-hydrogen) atoms. The van der Waals surface area contributed by atoms with E-state index >= 15 is 0 Å². The third kappa shape index (κ3) is 4.49. The van der Waals surface area contributed by atoms with E-state index in [0.29, 0.717) is 17.5 Å². The molecule has 0 amide bonds. The second-order valence-corrected chi connectivity index (χ2v) is 11.7. The van der Waals surface area contributed by atoms with Gasteiger partial charge in [-0.2, -0.15) is 0 Å². The monoisotopic (exact) mass is 585 g/mol. The third-order valence-electron chi connectivity index (χ3n) is 8.89. The lowest BCUT2D eigenvalue weighted by Crippen LogP contribution is -2.00. The molecule has 9 aromatic rings. The van der Waals surface area contributed by atoms with E-state index in [2.05, 4.69) is 103 Å². The Morgan fingerprint density at radius 1 is 0.261 bits per heavy atom. The summed E-state index contributed by atoms with van der Waals surface area (Å²) in [5.74, 6) is 1.97. The van der Waals surface area contributed by atoms with Gasteiger partial charge in [-0.05, 0) is 66.3 Å². The molecule has 0 N–H and O–H groups in total. The minimum Gasteiger partial charge on any atom is -0.208 e. The largest absolute Gasteiger partial charge is 0.208 e. The van der Waals surface area contributed by atoms with Gasteiger partial charge in [0.25, 0.3) is 0 Å². The van der Waals surface area contributed by atoms with E-state index in [1.165, 1.54) is 48.8 Å². The Morgan fingerprint density at radius 3 is 1.43 bits per heavy atom. The van der Waals surface area contributed by atoms with Crippen LogP contribution in [0.25, 0.3) is 88.4 Å². The second-order valence-electron chi connectivity index (χ2n) is 11.7. The zero-order valence-corrected chi connectivity index (χ0v) is 24.9. The molecule has 0 bridgehead atoms. The first-order valence-electron chi connectivity index (χ1n) is 15.5. The van der Waals surface area contributed by atoms with E-state index in [-0.39, 0.29) is 0 Å². The molecule has 0 saturated carbocycles. The highest BCUT2D eigenvalue weighted by Crippen LogP contribution is 2.37. The van der Waals surface area contributed by atoms with Gasteiger partial charge in [-0.3, -0.25) is 0 Å². The molecule has 0 fully saturated rings. The van der Waals surface area contributed by atoms with Gasteiger partial charge in [0.15, 0.2) is 17.5 Å². The number of benzene rings is 8. The minimum absolute atomic E-state index is 0.654. The van der Waals surface area contributed by atoms with Crippen molar-refractivity contribution in [3.8, 4) is 45.3 Å². The summed E-state index contributed by atoms with van der Waals surface area (Å²) in [5, 5.41) is 9.91. The summed E-state index contributed by atoms with van der Waals surface area (Å²) in [5.41, 5.74) is 5.23. The molecule has 214 valence electrons. The molecule has 1 heterocycles. The molecule has 0 atom stereocenters. The number of nitrogens with zero attached hydrogens (tertiary/aromatic N) is 3. The molecule has 1 aromatic heterocycles. The average molecular weight is 586 g/mol. The summed E-state index contributed by atoms with van der Waals surface area (Å²) in [4.78, 5) is 14.9. The van der Waals surface area contributed by atoms with Crippen LogP contribution in [0.4, 0.5) is 0 Å². The van der Waals surface area contributed by atoms with Crippen LogP contribution in [0.15, 0.2) is 164 Å². The van der Waals surface area contributed by atoms with Gasteiger partial charge in [0.2, 0.25) is 0 Å². The first kappa shape index (κ1) is 26.2. The van der Waals surface area contributed by atoms with Gasteiger partial charge in [-0.15, -0.1) is 0 Å². The van der Waals surface area contributed by atoms with E-state index in [1.807, 2.05) is 60.7 Å². The predicted molar refractivity (Wildman–Crippen MR) is 192 cm³/mol. The molecule has 0 aliphatic heterocycles. The van der Waals surface area contributed by atoms with Crippen LogP contribution in [0.5, 0.6) is 0 Å². The Morgan fingerprint density at radius 2 is 0.739 bits per heavy atom. The number of rotatable bonds is 4. The lowest BCUT2D eigenvalue weighted by Gasteiger charge is -2.13. The van der Waals surface area contributed by atoms with Gasteiger partial charge >= 0.3 is 0 Å². The van der Waals surface area contributed by atoms with Crippen LogP contribution in [-0.4, -0.2) is 15.0 Å². The maximum atomic E-state index is 4.99. The molecule has 3 nitrogen and oxygen atoms in total. The van der Waals surface area contributed by atoms with E-state index in [1.54, 1.807) is 0 Å². The fraction of sp³-hybridized carbons (Fsp3) is 0. The topological polar surface area (TPSA) is 38.7 Å². The number of hydrogen-bond donors (Lipinski definition) is 0.